The maximum atomic E-state index is 13.0. The number of hydrogen-bond donors (Lipinski definition) is 0. The second-order valence-corrected chi connectivity index (χ2v) is 7.33. The number of rotatable bonds is 4. The van der Waals surface area contributed by atoms with Gasteiger partial charge >= 0.3 is 0 Å². The highest BCUT2D eigenvalue weighted by molar-refractivity contribution is 6.04. The molecule has 29 heavy (non-hydrogen) atoms. The number of aromatic nitrogens is 2. The van der Waals surface area contributed by atoms with Gasteiger partial charge in [-0.25, -0.2) is 0 Å². The van der Waals surface area contributed by atoms with Gasteiger partial charge < -0.3 is 14.3 Å². The fourth-order valence-electron chi connectivity index (χ4n) is 3.52. The molecule has 3 aromatic rings. The van der Waals surface area contributed by atoms with Crippen LogP contribution < -0.4 is 9.80 Å². The van der Waals surface area contributed by atoms with Crippen LogP contribution in [0.4, 0.5) is 11.4 Å². The van der Waals surface area contributed by atoms with Crippen molar-refractivity contribution in [1.82, 2.24) is 10.1 Å². The van der Waals surface area contributed by atoms with Gasteiger partial charge in [0.15, 0.2) is 0 Å². The minimum Gasteiger partial charge on any atom is -0.339 e. The molecule has 1 atom stereocenters. The van der Waals surface area contributed by atoms with E-state index in [1.165, 1.54) is 0 Å². The average Bonchev–Trinajstić information content (AvgIpc) is 3.33. The lowest BCUT2D eigenvalue weighted by molar-refractivity contribution is -0.124. The van der Waals surface area contributed by atoms with Gasteiger partial charge in [-0.05, 0) is 31.2 Å². The number of carbonyl (C=O) groups is 2. The summed E-state index contributed by atoms with van der Waals surface area (Å²) in [6.07, 6.45) is 0.195. The molecule has 1 aliphatic heterocycles. The van der Waals surface area contributed by atoms with E-state index in [4.69, 9.17) is 4.52 Å². The second kappa shape index (κ2) is 7.50. The van der Waals surface area contributed by atoms with E-state index in [2.05, 4.69) is 10.1 Å². The first-order valence-corrected chi connectivity index (χ1v) is 9.48. The lowest BCUT2D eigenvalue weighted by atomic mass is 10.1. The van der Waals surface area contributed by atoms with Gasteiger partial charge in [0.2, 0.25) is 23.5 Å². The molecule has 4 rings (SSSR count). The third-order valence-corrected chi connectivity index (χ3v) is 5.17. The fraction of sp³-hybridized carbons (Fsp3) is 0.273. The van der Waals surface area contributed by atoms with Crippen LogP contribution in [0.25, 0.3) is 11.4 Å². The molecule has 0 N–H and O–H groups in total. The van der Waals surface area contributed by atoms with Crippen LogP contribution >= 0.6 is 0 Å². The molecule has 1 aliphatic rings. The highest BCUT2D eigenvalue weighted by Gasteiger charge is 2.37. The van der Waals surface area contributed by atoms with Crippen LogP contribution in [0.2, 0.25) is 0 Å². The first kappa shape index (κ1) is 18.9. The van der Waals surface area contributed by atoms with Crippen molar-refractivity contribution in [3.63, 3.8) is 0 Å². The number of carbonyl (C=O) groups excluding carboxylic acids is 2. The molecule has 1 saturated heterocycles. The lowest BCUT2D eigenvalue weighted by Gasteiger charge is -2.22. The summed E-state index contributed by atoms with van der Waals surface area (Å²) in [5, 5.41) is 3.93. The molecule has 0 unspecified atom stereocenters. The molecular weight excluding hydrogens is 368 g/mol. The Morgan fingerprint density at radius 2 is 1.93 bits per heavy atom. The van der Waals surface area contributed by atoms with Gasteiger partial charge in [-0.1, -0.05) is 35.0 Å². The average molecular weight is 390 g/mol. The standard InChI is InChI=1S/C22H22N4O3/c1-14-7-9-18(10-8-14)25(3)22(28)17-12-20(27)26(13-17)19-6-4-5-16(11-19)21-23-15(2)29-24-21/h4-11,17H,12-13H2,1-3H3/t17-/m1/s1. The number of benzene rings is 2. The first-order chi connectivity index (χ1) is 13.9. The summed E-state index contributed by atoms with van der Waals surface area (Å²) in [6.45, 7) is 4.08. The maximum absolute atomic E-state index is 13.0. The van der Waals surface area contributed by atoms with E-state index in [9.17, 15) is 9.59 Å². The third-order valence-electron chi connectivity index (χ3n) is 5.17. The Morgan fingerprint density at radius 3 is 2.62 bits per heavy atom. The number of hydrogen-bond acceptors (Lipinski definition) is 5. The SMILES string of the molecule is Cc1ccc(N(C)C(=O)[C@@H]2CC(=O)N(c3cccc(-c4noc(C)n4)c3)C2)cc1. The molecule has 2 aromatic carbocycles. The Morgan fingerprint density at radius 1 is 1.17 bits per heavy atom. The number of anilines is 2. The number of nitrogens with zero attached hydrogens (tertiary/aromatic N) is 4. The van der Waals surface area contributed by atoms with Gasteiger partial charge in [-0.2, -0.15) is 4.98 Å². The minimum absolute atomic E-state index is 0.0605. The predicted octanol–water partition coefficient (Wildman–Crippen LogP) is 3.37. The molecule has 0 aliphatic carbocycles. The van der Waals surface area contributed by atoms with Crippen LogP contribution in [0.15, 0.2) is 53.1 Å². The Balaban J connectivity index is 1.52. The molecule has 7 heteroatoms. The molecule has 2 heterocycles. The van der Waals surface area contributed by atoms with Crippen molar-refractivity contribution in [3.8, 4) is 11.4 Å². The zero-order valence-electron chi connectivity index (χ0n) is 16.6. The first-order valence-electron chi connectivity index (χ1n) is 9.48. The normalized spacial score (nSPS) is 16.3. The Hall–Kier alpha value is -3.48. The molecule has 1 fully saturated rings. The van der Waals surface area contributed by atoms with E-state index in [0.29, 0.717) is 18.3 Å². The topological polar surface area (TPSA) is 79.5 Å². The largest absolute Gasteiger partial charge is 0.339 e. The lowest BCUT2D eigenvalue weighted by Crippen LogP contribution is -2.34. The van der Waals surface area contributed by atoms with Gasteiger partial charge in [0.25, 0.3) is 0 Å². The highest BCUT2D eigenvalue weighted by Crippen LogP contribution is 2.30. The van der Waals surface area contributed by atoms with E-state index < -0.39 is 0 Å². The van der Waals surface area contributed by atoms with E-state index in [1.807, 2.05) is 55.5 Å². The smallest absolute Gasteiger partial charge is 0.232 e. The van der Waals surface area contributed by atoms with Crippen molar-refractivity contribution >= 4 is 23.2 Å². The molecular formula is C22H22N4O3. The van der Waals surface area contributed by atoms with Gasteiger partial charge in [0.1, 0.15) is 0 Å². The summed E-state index contributed by atoms with van der Waals surface area (Å²) in [6, 6.07) is 15.2. The van der Waals surface area contributed by atoms with E-state index in [-0.39, 0.29) is 24.2 Å². The minimum atomic E-state index is -0.384. The molecule has 0 spiro atoms. The second-order valence-electron chi connectivity index (χ2n) is 7.33. The molecule has 1 aromatic heterocycles. The van der Waals surface area contributed by atoms with Gasteiger partial charge in [-0.15, -0.1) is 0 Å². The Bertz CT molecular complexity index is 1060. The quantitative estimate of drug-likeness (QED) is 0.682. The van der Waals surface area contributed by atoms with Crippen LogP contribution in [0.3, 0.4) is 0 Å². The van der Waals surface area contributed by atoms with Crippen LogP contribution in [0.5, 0.6) is 0 Å². The van der Waals surface area contributed by atoms with Crippen molar-refractivity contribution in [2.75, 3.05) is 23.4 Å². The van der Waals surface area contributed by atoms with Crippen molar-refractivity contribution < 1.29 is 14.1 Å². The Kier molecular flexibility index (Phi) is 4.88. The monoisotopic (exact) mass is 390 g/mol. The molecule has 148 valence electrons. The maximum Gasteiger partial charge on any atom is 0.232 e. The molecule has 0 radical (unpaired) electrons. The highest BCUT2D eigenvalue weighted by atomic mass is 16.5. The van der Waals surface area contributed by atoms with Gasteiger partial charge in [0.05, 0.1) is 5.92 Å². The summed E-state index contributed by atoms with van der Waals surface area (Å²) in [5.41, 5.74) is 3.44. The number of aryl methyl sites for hydroxylation is 2. The zero-order valence-corrected chi connectivity index (χ0v) is 16.6. The van der Waals surface area contributed by atoms with Gasteiger partial charge in [-0.3, -0.25) is 9.59 Å². The van der Waals surface area contributed by atoms with Crippen molar-refractivity contribution in [3.05, 3.63) is 60.0 Å². The van der Waals surface area contributed by atoms with Crippen LogP contribution in [0.1, 0.15) is 17.9 Å². The predicted molar refractivity (Wildman–Crippen MR) is 110 cm³/mol. The van der Waals surface area contributed by atoms with Crippen LogP contribution in [-0.2, 0) is 9.59 Å². The summed E-state index contributed by atoms with van der Waals surface area (Å²) in [7, 11) is 1.75. The summed E-state index contributed by atoms with van der Waals surface area (Å²) < 4.78 is 5.04. The van der Waals surface area contributed by atoms with Crippen molar-refractivity contribution in [2.24, 2.45) is 5.92 Å². The molecule has 0 bridgehead atoms. The fourth-order valence-corrected chi connectivity index (χ4v) is 3.52. The summed E-state index contributed by atoms with van der Waals surface area (Å²) in [4.78, 5) is 33.1. The third kappa shape index (κ3) is 3.76. The van der Waals surface area contributed by atoms with E-state index in [0.717, 1.165) is 22.5 Å². The molecule has 0 saturated carbocycles. The summed E-state index contributed by atoms with van der Waals surface area (Å²) >= 11 is 0. The zero-order chi connectivity index (χ0) is 20.5. The summed E-state index contributed by atoms with van der Waals surface area (Å²) in [5.74, 6) is 0.441. The van der Waals surface area contributed by atoms with E-state index in [1.54, 1.807) is 23.8 Å². The Labute approximate surface area is 168 Å². The molecule has 2 amide bonds. The van der Waals surface area contributed by atoms with E-state index >= 15 is 0 Å². The van der Waals surface area contributed by atoms with Crippen molar-refractivity contribution in [2.45, 2.75) is 20.3 Å². The van der Waals surface area contributed by atoms with Crippen LogP contribution in [0, 0.1) is 19.8 Å². The molecule has 7 nitrogen and oxygen atoms in total. The van der Waals surface area contributed by atoms with Crippen LogP contribution in [-0.4, -0.2) is 35.5 Å². The number of amides is 2. The van der Waals surface area contributed by atoms with Crippen molar-refractivity contribution in [1.29, 1.82) is 0 Å². The van der Waals surface area contributed by atoms with Gasteiger partial charge in [0, 0.05) is 43.9 Å².